The van der Waals surface area contributed by atoms with E-state index < -0.39 is 0 Å². The van der Waals surface area contributed by atoms with Crippen molar-refractivity contribution < 1.29 is 26.2 Å². The molecule has 72 heavy (non-hydrogen) atoms. The van der Waals surface area contributed by atoms with Crippen molar-refractivity contribution in [3.05, 3.63) is 167 Å². The SMILES string of the molecule is CC(C)c1cccc(C(C)C)c1-c1ccnc(-c2[c-]c(-c3cccc4c3nc(-c3cc5c(cc3O)C(C)(C)C(C3CCC(C)(C)CC3)C5(C)C)n4-c3ccccc3-c3ccccc3)cc(C(C)(C)C)c2)c1.[Pt]. The first-order valence-electron chi connectivity index (χ1n) is 26.4. The van der Waals surface area contributed by atoms with Crippen LogP contribution in [0.25, 0.3) is 72.7 Å². The average molecular weight is 1130 g/mol. The number of fused-ring (bicyclic) bond motifs is 2. The van der Waals surface area contributed by atoms with Gasteiger partial charge in [0.15, 0.2) is 0 Å². The molecule has 0 aliphatic heterocycles. The third kappa shape index (κ3) is 9.03. The minimum Gasteiger partial charge on any atom is -0.507 e. The van der Waals surface area contributed by atoms with Crippen LogP contribution in [-0.2, 0) is 37.3 Å². The molecule has 10 rings (SSSR count). The van der Waals surface area contributed by atoms with Crippen molar-refractivity contribution in [2.75, 3.05) is 0 Å². The Morgan fingerprint density at radius 3 is 1.89 bits per heavy atom. The van der Waals surface area contributed by atoms with Gasteiger partial charge in [-0.05, 0) is 140 Å². The number of aromatic nitrogens is 3. The van der Waals surface area contributed by atoms with E-state index in [0.29, 0.717) is 29.1 Å². The summed E-state index contributed by atoms with van der Waals surface area (Å²) in [4.78, 5) is 10.8. The van der Waals surface area contributed by atoms with Gasteiger partial charge in [-0.2, -0.15) is 0 Å². The van der Waals surface area contributed by atoms with Crippen LogP contribution in [0.5, 0.6) is 5.75 Å². The third-order valence-corrected chi connectivity index (χ3v) is 16.8. The van der Waals surface area contributed by atoms with Crippen LogP contribution in [0.1, 0.15) is 155 Å². The molecule has 4 nitrogen and oxygen atoms in total. The molecule has 2 aromatic heterocycles. The van der Waals surface area contributed by atoms with Crippen molar-refractivity contribution in [2.45, 2.75) is 144 Å². The Hall–Kier alpha value is -5.57. The van der Waals surface area contributed by atoms with Crippen molar-refractivity contribution in [1.82, 2.24) is 14.5 Å². The summed E-state index contributed by atoms with van der Waals surface area (Å²) in [6.07, 6.45) is 6.97. The van der Waals surface area contributed by atoms with E-state index in [2.05, 4.69) is 228 Å². The van der Waals surface area contributed by atoms with Gasteiger partial charge in [0.05, 0.1) is 22.3 Å². The van der Waals surface area contributed by atoms with Crippen LogP contribution in [0.2, 0.25) is 0 Å². The van der Waals surface area contributed by atoms with E-state index in [0.717, 1.165) is 61.6 Å². The largest absolute Gasteiger partial charge is 0.507 e. The van der Waals surface area contributed by atoms with E-state index in [1.807, 2.05) is 6.20 Å². The van der Waals surface area contributed by atoms with Crippen LogP contribution in [0, 0.1) is 23.3 Å². The molecule has 8 aromatic rings. The number of benzene rings is 6. The fraction of sp³-hybridized carbons (Fsp3) is 0.373. The molecule has 1 fully saturated rings. The van der Waals surface area contributed by atoms with Crippen LogP contribution < -0.4 is 0 Å². The number of hydrogen-bond acceptors (Lipinski definition) is 3. The Morgan fingerprint density at radius 1 is 0.639 bits per heavy atom. The summed E-state index contributed by atoms with van der Waals surface area (Å²) in [6.45, 7) is 30.6. The minimum atomic E-state index is -0.166. The molecule has 1 N–H and O–H groups in total. The van der Waals surface area contributed by atoms with E-state index in [4.69, 9.17) is 9.97 Å². The maximum atomic E-state index is 12.6. The zero-order valence-electron chi connectivity index (χ0n) is 44.9. The van der Waals surface area contributed by atoms with Gasteiger partial charge in [0.25, 0.3) is 0 Å². The van der Waals surface area contributed by atoms with Crippen LogP contribution in [-0.4, -0.2) is 19.6 Å². The molecular weight excluding hydrogens is 1060 g/mol. The van der Waals surface area contributed by atoms with E-state index in [1.54, 1.807) is 0 Å². The molecule has 2 aliphatic carbocycles. The van der Waals surface area contributed by atoms with Gasteiger partial charge in [-0.15, -0.1) is 29.3 Å². The quantitative estimate of drug-likeness (QED) is 0.147. The Bertz CT molecular complexity index is 3270. The molecule has 0 amide bonds. The number of imidazole rings is 1. The topological polar surface area (TPSA) is 50.9 Å². The standard InChI is InChI=1S/C67H74N3O.Pt/c1-41(2)49-24-19-25-50(42(3)4)60(49)45-31-34-68-56(38-45)47-35-46(36-48(37-47)64(5,6)7)52-26-20-28-58-61(52)69-63(70(58)57-27-18-17-23-51(57)43-21-15-14-16-22-43)53-39-54-55(40-59(53)71)67(12,13)62(66(54,10)11)44-29-32-65(8,9)33-30-44;/h14-28,31,34,36-42,44,62,71H,29-30,32-33H2,1-13H3;/q-1;. The zero-order valence-corrected chi connectivity index (χ0v) is 47.2. The van der Waals surface area contributed by atoms with Crippen molar-refractivity contribution in [2.24, 2.45) is 17.3 Å². The molecule has 5 heteroatoms. The average Bonchev–Trinajstić information content (AvgIpc) is 3.79. The van der Waals surface area contributed by atoms with E-state index >= 15 is 0 Å². The van der Waals surface area contributed by atoms with Gasteiger partial charge in [0, 0.05) is 38.5 Å². The Balaban J connectivity index is 0.00000640. The molecule has 0 saturated heterocycles. The van der Waals surface area contributed by atoms with Gasteiger partial charge in [-0.25, -0.2) is 4.98 Å². The first kappa shape index (κ1) is 51.3. The van der Waals surface area contributed by atoms with Gasteiger partial charge in [-0.3, -0.25) is 9.55 Å². The van der Waals surface area contributed by atoms with E-state index in [-0.39, 0.29) is 43.1 Å². The van der Waals surface area contributed by atoms with E-state index in [9.17, 15) is 5.11 Å². The molecule has 2 heterocycles. The molecule has 374 valence electrons. The predicted molar refractivity (Wildman–Crippen MR) is 299 cm³/mol. The maximum absolute atomic E-state index is 12.6. The smallest absolute Gasteiger partial charge is 0.148 e. The van der Waals surface area contributed by atoms with Crippen LogP contribution in [0.3, 0.4) is 0 Å². The monoisotopic (exact) mass is 1130 g/mol. The molecule has 0 spiro atoms. The normalized spacial score (nSPS) is 17.3. The number of para-hydroxylation sites is 2. The summed E-state index contributed by atoms with van der Waals surface area (Å²) in [5.41, 5.74) is 18.5. The van der Waals surface area contributed by atoms with Gasteiger partial charge in [-0.1, -0.05) is 186 Å². The summed E-state index contributed by atoms with van der Waals surface area (Å²) in [5, 5.41) is 12.6. The van der Waals surface area contributed by atoms with Crippen LogP contribution >= 0.6 is 0 Å². The number of hydrogen-bond donors (Lipinski definition) is 1. The first-order chi connectivity index (χ1) is 33.7. The fourth-order valence-electron chi connectivity index (χ4n) is 13.2. The van der Waals surface area contributed by atoms with Gasteiger partial charge < -0.3 is 5.11 Å². The molecule has 1 saturated carbocycles. The molecule has 1 atom stereocenters. The van der Waals surface area contributed by atoms with Crippen LogP contribution in [0.4, 0.5) is 0 Å². The predicted octanol–water partition coefficient (Wildman–Crippen LogP) is 18.2. The molecule has 0 bridgehead atoms. The van der Waals surface area contributed by atoms with E-state index in [1.165, 1.54) is 64.6 Å². The van der Waals surface area contributed by atoms with Gasteiger partial charge >= 0.3 is 0 Å². The van der Waals surface area contributed by atoms with Crippen molar-refractivity contribution >= 4 is 11.0 Å². The Morgan fingerprint density at radius 2 is 1.24 bits per heavy atom. The number of nitrogens with zero attached hydrogens (tertiary/aromatic N) is 3. The van der Waals surface area contributed by atoms with Gasteiger partial charge in [0.2, 0.25) is 0 Å². The number of rotatable bonds is 9. The Labute approximate surface area is 445 Å². The van der Waals surface area contributed by atoms with Crippen LogP contribution in [0.15, 0.2) is 134 Å². The first-order valence-corrected chi connectivity index (χ1v) is 26.4. The molecule has 6 aromatic carbocycles. The van der Waals surface area contributed by atoms with Crippen molar-refractivity contribution in [3.63, 3.8) is 0 Å². The van der Waals surface area contributed by atoms with Crippen molar-refractivity contribution in [1.29, 1.82) is 0 Å². The Kier molecular flexibility index (Phi) is 13.6. The summed E-state index contributed by atoms with van der Waals surface area (Å²) in [7, 11) is 0. The van der Waals surface area contributed by atoms with Gasteiger partial charge in [0.1, 0.15) is 11.6 Å². The second-order valence-electron chi connectivity index (χ2n) is 24.7. The number of phenols is 1. The summed E-state index contributed by atoms with van der Waals surface area (Å²) < 4.78 is 2.30. The fourth-order valence-corrected chi connectivity index (χ4v) is 13.2. The molecular formula is C67H74N3OPt-. The third-order valence-electron chi connectivity index (χ3n) is 16.8. The second kappa shape index (κ2) is 19.0. The maximum Gasteiger partial charge on any atom is 0.148 e. The number of phenolic OH excluding ortho intramolecular Hbond substituents is 1. The molecule has 1 unspecified atom stereocenters. The number of pyridine rings is 1. The van der Waals surface area contributed by atoms with Crippen molar-refractivity contribution in [3.8, 4) is 67.5 Å². The summed E-state index contributed by atoms with van der Waals surface area (Å²) in [5.74, 6) is 2.79. The second-order valence-corrected chi connectivity index (χ2v) is 24.7. The molecule has 2 aliphatic rings. The minimum absolute atomic E-state index is 0. The molecule has 0 radical (unpaired) electrons. The zero-order chi connectivity index (χ0) is 50.4. The summed E-state index contributed by atoms with van der Waals surface area (Å²) >= 11 is 0. The summed E-state index contributed by atoms with van der Waals surface area (Å²) in [6, 6.07) is 49.9. The number of aromatic hydroxyl groups is 1.